The lowest BCUT2D eigenvalue weighted by Gasteiger charge is -2.38. The molecular weight excluding hydrogens is 198 g/mol. The van der Waals surface area contributed by atoms with Crippen LogP contribution in [0.25, 0.3) is 0 Å². The van der Waals surface area contributed by atoms with Crippen molar-refractivity contribution in [3.8, 4) is 0 Å². The van der Waals surface area contributed by atoms with Crippen molar-refractivity contribution in [3.05, 3.63) is 12.0 Å². The van der Waals surface area contributed by atoms with Crippen molar-refractivity contribution in [1.82, 2.24) is 4.90 Å². The second kappa shape index (κ2) is 4.33. The normalized spacial score (nSPS) is 18.9. The highest BCUT2D eigenvalue weighted by Gasteiger charge is 2.35. The predicted molar refractivity (Wildman–Crippen MR) is 53.0 cm³/mol. The Kier molecular flexibility index (Phi) is 3.34. The van der Waals surface area contributed by atoms with E-state index in [0.29, 0.717) is 12.9 Å². The lowest BCUT2D eigenvalue weighted by atomic mass is 10.0. The average molecular weight is 213 g/mol. The van der Waals surface area contributed by atoms with Crippen molar-refractivity contribution in [2.45, 2.75) is 26.3 Å². The van der Waals surface area contributed by atoms with Crippen LogP contribution in [0.5, 0.6) is 0 Å². The summed E-state index contributed by atoms with van der Waals surface area (Å²) < 4.78 is 10.0. The molecule has 0 aromatic carbocycles. The molecule has 0 saturated carbocycles. The van der Waals surface area contributed by atoms with Crippen LogP contribution in [-0.2, 0) is 14.3 Å². The van der Waals surface area contributed by atoms with Crippen LogP contribution in [0.2, 0.25) is 0 Å². The highest BCUT2D eigenvalue weighted by Crippen LogP contribution is 2.23. The van der Waals surface area contributed by atoms with Crippen LogP contribution in [0.3, 0.4) is 0 Å². The van der Waals surface area contributed by atoms with E-state index in [4.69, 9.17) is 9.47 Å². The summed E-state index contributed by atoms with van der Waals surface area (Å²) in [7, 11) is 0. The summed E-state index contributed by atoms with van der Waals surface area (Å²) in [5.74, 6) is 0.141. The first kappa shape index (κ1) is 11.6. The van der Waals surface area contributed by atoms with Crippen LogP contribution in [0.15, 0.2) is 12.0 Å². The van der Waals surface area contributed by atoms with Gasteiger partial charge in [0, 0.05) is 0 Å². The predicted octanol–water partition coefficient (Wildman–Crippen LogP) is 1.29. The highest BCUT2D eigenvalue weighted by molar-refractivity contribution is 5.75. The molecule has 84 valence electrons. The minimum Gasteiger partial charge on any atom is -0.486 e. The quantitative estimate of drug-likeness (QED) is 0.649. The molecule has 5 heteroatoms. The van der Waals surface area contributed by atoms with Gasteiger partial charge in [-0.2, -0.15) is 0 Å². The number of carbonyl (C=O) groups excluding carboxylic acids is 2. The van der Waals surface area contributed by atoms with Crippen LogP contribution >= 0.6 is 0 Å². The van der Waals surface area contributed by atoms with Gasteiger partial charge in [-0.05, 0) is 20.8 Å². The Morgan fingerprint density at radius 1 is 1.73 bits per heavy atom. The lowest BCUT2D eigenvalue weighted by Crippen LogP contribution is -2.50. The number of nitrogens with zero attached hydrogens (tertiary/aromatic N) is 1. The van der Waals surface area contributed by atoms with E-state index in [2.05, 4.69) is 0 Å². The van der Waals surface area contributed by atoms with Crippen molar-refractivity contribution in [2.24, 2.45) is 0 Å². The number of amides is 1. The molecule has 0 radical (unpaired) electrons. The number of hydrogen-bond donors (Lipinski definition) is 0. The van der Waals surface area contributed by atoms with E-state index >= 15 is 0 Å². The van der Waals surface area contributed by atoms with E-state index in [1.165, 1.54) is 11.1 Å². The first-order chi connectivity index (χ1) is 7.01. The Hall–Kier alpha value is -1.52. The Balaban J connectivity index is 2.89. The van der Waals surface area contributed by atoms with Gasteiger partial charge in [-0.1, -0.05) is 0 Å². The van der Waals surface area contributed by atoms with Crippen LogP contribution in [0.1, 0.15) is 20.8 Å². The van der Waals surface area contributed by atoms with Gasteiger partial charge < -0.3 is 9.47 Å². The van der Waals surface area contributed by atoms with Crippen molar-refractivity contribution in [2.75, 3.05) is 13.2 Å². The molecule has 0 saturated heterocycles. The standard InChI is InChI=1S/C10H15NO4/c1-4-14-9(13)11-5-8(6-12)15-7-10(11,2)3/h5-6H,4,7H2,1-3H3. The fourth-order valence-electron chi connectivity index (χ4n) is 1.23. The molecule has 0 fully saturated rings. The average Bonchev–Trinajstić information content (AvgIpc) is 2.17. The SMILES string of the molecule is CCOC(=O)N1C=C(C=O)OCC1(C)C. The molecule has 15 heavy (non-hydrogen) atoms. The van der Waals surface area contributed by atoms with E-state index < -0.39 is 11.6 Å². The number of rotatable bonds is 2. The minimum absolute atomic E-state index is 0.141. The summed E-state index contributed by atoms with van der Waals surface area (Å²) in [5.41, 5.74) is -0.501. The number of hydrogen-bond acceptors (Lipinski definition) is 4. The van der Waals surface area contributed by atoms with Crippen LogP contribution < -0.4 is 0 Å². The zero-order valence-electron chi connectivity index (χ0n) is 9.15. The van der Waals surface area contributed by atoms with Crippen LogP contribution in [0.4, 0.5) is 4.79 Å². The number of allylic oxidation sites excluding steroid dienone is 1. The Labute approximate surface area is 88.6 Å². The van der Waals surface area contributed by atoms with E-state index in [0.717, 1.165) is 0 Å². The van der Waals surface area contributed by atoms with Crippen molar-refractivity contribution < 1.29 is 19.1 Å². The largest absolute Gasteiger partial charge is 0.486 e. The summed E-state index contributed by atoms with van der Waals surface area (Å²) in [4.78, 5) is 23.5. The molecule has 1 aliphatic heterocycles. The zero-order valence-corrected chi connectivity index (χ0v) is 9.15. The molecular formula is C10H15NO4. The molecule has 0 atom stereocenters. The van der Waals surface area contributed by atoms with Gasteiger partial charge >= 0.3 is 6.09 Å². The molecule has 1 heterocycles. The first-order valence-electron chi connectivity index (χ1n) is 4.77. The lowest BCUT2D eigenvalue weighted by molar-refractivity contribution is -0.109. The van der Waals surface area contributed by atoms with E-state index in [-0.39, 0.29) is 12.4 Å². The third-order valence-corrected chi connectivity index (χ3v) is 2.08. The summed E-state index contributed by atoms with van der Waals surface area (Å²) in [5, 5.41) is 0. The first-order valence-corrected chi connectivity index (χ1v) is 4.77. The maximum Gasteiger partial charge on any atom is 0.414 e. The smallest absolute Gasteiger partial charge is 0.414 e. The maximum absolute atomic E-state index is 11.6. The second-order valence-corrected chi connectivity index (χ2v) is 3.82. The van der Waals surface area contributed by atoms with E-state index in [1.54, 1.807) is 6.92 Å². The summed E-state index contributed by atoms with van der Waals surface area (Å²) >= 11 is 0. The Morgan fingerprint density at radius 3 is 2.93 bits per heavy atom. The molecule has 1 rings (SSSR count). The molecule has 0 aromatic heterocycles. The number of carbonyl (C=O) groups is 2. The van der Waals surface area contributed by atoms with Gasteiger partial charge in [0.15, 0.2) is 12.0 Å². The minimum atomic E-state index is -0.501. The number of ether oxygens (including phenoxy) is 2. The van der Waals surface area contributed by atoms with Crippen LogP contribution in [0, 0.1) is 0 Å². The molecule has 0 unspecified atom stereocenters. The maximum atomic E-state index is 11.6. The Bertz CT molecular complexity index is 296. The fourth-order valence-corrected chi connectivity index (χ4v) is 1.23. The van der Waals surface area contributed by atoms with Gasteiger partial charge in [-0.3, -0.25) is 9.69 Å². The summed E-state index contributed by atoms with van der Waals surface area (Å²) in [6.45, 7) is 5.98. The number of aldehydes is 1. The van der Waals surface area contributed by atoms with Gasteiger partial charge in [-0.15, -0.1) is 0 Å². The van der Waals surface area contributed by atoms with Crippen molar-refractivity contribution in [1.29, 1.82) is 0 Å². The third-order valence-electron chi connectivity index (χ3n) is 2.08. The molecule has 0 bridgehead atoms. The van der Waals surface area contributed by atoms with Crippen molar-refractivity contribution in [3.63, 3.8) is 0 Å². The molecule has 1 aliphatic rings. The third kappa shape index (κ3) is 2.49. The monoisotopic (exact) mass is 213 g/mol. The molecule has 5 nitrogen and oxygen atoms in total. The zero-order chi connectivity index (χ0) is 11.5. The van der Waals surface area contributed by atoms with E-state index in [9.17, 15) is 9.59 Å². The summed E-state index contributed by atoms with van der Waals surface area (Å²) in [6.07, 6.45) is 1.47. The summed E-state index contributed by atoms with van der Waals surface area (Å²) in [6, 6.07) is 0. The van der Waals surface area contributed by atoms with Gasteiger partial charge in [-0.25, -0.2) is 4.79 Å². The van der Waals surface area contributed by atoms with Crippen LogP contribution in [-0.4, -0.2) is 36.0 Å². The molecule has 0 spiro atoms. The molecule has 1 amide bonds. The second-order valence-electron chi connectivity index (χ2n) is 3.82. The fraction of sp³-hybridized carbons (Fsp3) is 0.600. The van der Waals surface area contributed by atoms with Gasteiger partial charge in [0.05, 0.1) is 18.3 Å². The topological polar surface area (TPSA) is 55.8 Å². The van der Waals surface area contributed by atoms with E-state index in [1.807, 2.05) is 13.8 Å². The van der Waals surface area contributed by atoms with Gasteiger partial charge in [0.25, 0.3) is 0 Å². The van der Waals surface area contributed by atoms with Gasteiger partial charge in [0.1, 0.15) is 6.61 Å². The molecule has 0 aliphatic carbocycles. The Morgan fingerprint density at radius 2 is 2.40 bits per heavy atom. The van der Waals surface area contributed by atoms with Crippen molar-refractivity contribution >= 4 is 12.4 Å². The van der Waals surface area contributed by atoms with Gasteiger partial charge in [0.2, 0.25) is 0 Å². The molecule has 0 N–H and O–H groups in total. The highest BCUT2D eigenvalue weighted by atomic mass is 16.6. The molecule has 0 aromatic rings.